The summed E-state index contributed by atoms with van der Waals surface area (Å²) in [6, 6.07) is 13.5. The Bertz CT molecular complexity index is 914. The van der Waals surface area contributed by atoms with Gasteiger partial charge in [-0.2, -0.15) is 0 Å². The highest BCUT2D eigenvalue weighted by molar-refractivity contribution is 7.89. The Morgan fingerprint density at radius 1 is 1.24 bits per heavy atom. The number of benzene rings is 2. The van der Waals surface area contributed by atoms with E-state index in [-0.39, 0.29) is 28.7 Å². The van der Waals surface area contributed by atoms with Crippen molar-refractivity contribution in [1.82, 2.24) is 5.32 Å². The van der Waals surface area contributed by atoms with Crippen molar-refractivity contribution in [3.8, 4) is 0 Å². The standard InChI is InChI=1S/C18H19ClN2O3S/c1-11(12-5-4-6-13(9-12)25(20,23)24)21-18(22)16-10-15(16)14-7-2-3-8-17(14)19/h2-9,11,15-16H,10H2,1H3,(H,21,22)(H2,20,23,24). The maximum Gasteiger partial charge on any atom is 0.238 e. The third-order valence-electron chi connectivity index (χ3n) is 4.48. The van der Waals surface area contributed by atoms with Gasteiger partial charge in [0.25, 0.3) is 0 Å². The first kappa shape index (κ1) is 17.9. The van der Waals surface area contributed by atoms with Crippen molar-refractivity contribution >= 4 is 27.5 Å². The molecular weight excluding hydrogens is 360 g/mol. The van der Waals surface area contributed by atoms with Crippen molar-refractivity contribution in [2.75, 3.05) is 0 Å². The third-order valence-corrected chi connectivity index (χ3v) is 5.73. The van der Waals surface area contributed by atoms with Crippen LogP contribution in [0.15, 0.2) is 53.4 Å². The molecule has 0 aliphatic heterocycles. The normalized spacial score (nSPS) is 20.8. The Morgan fingerprint density at radius 2 is 1.96 bits per heavy atom. The van der Waals surface area contributed by atoms with Crippen molar-refractivity contribution < 1.29 is 13.2 Å². The Hall–Kier alpha value is -1.89. The number of nitrogens with two attached hydrogens (primary N) is 1. The summed E-state index contributed by atoms with van der Waals surface area (Å²) >= 11 is 6.19. The van der Waals surface area contributed by atoms with Gasteiger partial charge in [-0.05, 0) is 48.6 Å². The number of halogens is 1. The number of sulfonamides is 1. The Morgan fingerprint density at radius 3 is 2.64 bits per heavy atom. The fourth-order valence-electron chi connectivity index (χ4n) is 2.97. The zero-order valence-electron chi connectivity index (χ0n) is 13.6. The molecule has 0 bridgehead atoms. The molecule has 0 spiro atoms. The fourth-order valence-corrected chi connectivity index (χ4v) is 3.81. The molecule has 3 N–H and O–H groups in total. The van der Waals surface area contributed by atoms with E-state index in [0.717, 1.165) is 12.0 Å². The predicted octanol–water partition coefficient (Wildman–Crippen LogP) is 2.97. The highest BCUT2D eigenvalue weighted by atomic mass is 35.5. The molecule has 0 saturated heterocycles. The van der Waals surface area contributed by atoms with E-state index in [9.17, 15) is 13.2 Å². The van der Waals surface area contributed by atoms with Gasteiger partial charge in [-0.1, -0.05) is 41.9 Å². The number of rotatable bonds is 5. The number of carbonyl (C=O) groups excluding carboxylic acids is 1. The van der Waals surface area contributed by atoms with E-state index < -0.39 is 10.0 Å². The second kappa shape index (κ2) is 6.78. The molecule has 3 atom stereocenters. The maximum absolute atomic E-state index is 12.5. The average Bonchev–Trinajstić information content (AvgIpc) is 3.35. The molecule has 0 heterocycles. The van der Waals surface area contributed by atoms with E-state index in [1.54, 1.807) is 12.1 Å². The molecule has 1 aliphatic rings. The SMILES string of the molecule is CC(NC(=O)C1CC1c1ccccc1Cl)c1cccc(S(N)(=O)=O)c1. The number of hydrogen-bond acceptors (Lipinski definition) is 3. The molecule has 1 amide bonds. The first-order valence-electron chi connectivity index (χ1n) is 7.95. The molecule has 7 heteroatoms. The minimum atomic E-state index is -3.77. The van der Waals surface area contributed by atoms with Crippen molar-refractivity contribution in [1.29, 1.82) is 0 Å². The molecule has 2 aromatic rings. The van der Waals surface area contributed by atoms with E-state index in [1.807, 2.05) is 31.2 Å². The average molecular weight is 379 g/mol. The summed E-state index contributed by atoms with van der Waals surface area (Å²) < 4.78 is 22.9. The lowest BCUT2D eigenvalue weighted by atomic mass is 10.1. The summed E-state index contributed by atoms with van der Waals surface area (Å²) in [4.78, 5) is 12.5. The first-order chi connectivity index (χ1) is 11.8. The highest BCUT2D eigenvalue weighted by Crippen LogP contribution is 2.49. The van der Waals surface area contributed by atoms with E-state index in [0.29, 0.717) is 10.6 Å². The molecule has 1 fully saturated rings. The summed E-state index contributed by atoms with van der Waals surface area (Å²) in [7, 11) is -3.77. The molecule has 1 saturated carbocycles. The highest BCUT2D eigenvalue weighted by Gasteiger charge is 2.45. The fraction of sp³-hybridized carbons (Fsp3) is 0.278. The number of carbonyl (C=O) groups is 1. The van der Waals surface area contributed by atoms with E-state index in [1.165, 1.54) is 12.1 Å². The van der Waals surface area contributed by atoms with Crippen LogP contribution in [0.5, 0.6) is 0 Å². The van der Waals surface area contributed by atoms with Gasteiger partial charge in [0.1, 0.15) is 0 Å². The topological polar surface area (TPSA) is 89.3 Å². The molecule has 3 unspecified atom stereocenters. The van der Waals surface area contributed by atoms with E-state index in [4.69, 9.17) is 16.7 Å². The minimum absolute atomic E-state index is 0.0338. The van der Waals surface area contributed by atoms with Crippen LogP contribution in [-0.2, 0) is 14.8 Å². The van der Waals surface area contributed by atoms with Gasteiger partial charge in [-0.25, -0.2) is 13.6 Å². The summed E-state index contributed by atoms with van der Waals surface area (Å²) in [6.07, 6.45) is 0.763. The first-order valence-corrected chi connectivity index (χ1v) is 9.87. The molecule has 132 valence electrons. The molecule has 2 aromatic carbocycles. The lowest BCUT2D eigenvalue weighted by Gasteiger charge is -2.15. The summed E-state index contributed by atoms with van der Waals surface area (Å²) in [6.45, 7) is 1.81. The predicted molar refractivity (Wildman–Crippen MR) is 96.7 cm³/mol. The molecule has 3 rings (SSSR count). The Labute approximate surface area is 152 Å². The van der Waals surface area contributed by atoms with Crippen LogP contribution < -0.4 is 10.5 Å². The second-order valence-electron chi connectivity index (χ2n) is 6.32. The van der Waals surface area contributed by atoms with Crippen molar-refractivity contribution in [3.05, 3.63) is 64.7 Å². The van der Waals surface area contributed by atoms with E-state index >= 15 is 0 Å². The maximum atomic E-state index is 12.5. The number of amides is 1. The lowest BCUT2D eigenvalue weighted by molar-refractivity contribution is -0.123. The monoisotopic (exact) mass is 378 g/mol. The minimum Gasteiger partial charge on any atom is -0.349 e. The lowest BCUT2D eigenvalue weighted by Crippen LogP contribution is -2.28. The van der Waals surface area contributed by atoms with Crippen LogP contribution in [0.1, 0.15) is 36.4 Å². The molecule has 0 aromatic heterocycles. The van der Waals surface area contributed by atoms with Gasteiger partial charge in [-0.3, -0.25) is 4.79 Å². The van der Waals surface area contributed by atoms with Crippen molar-refractivity contribution in [3.63, 3.8) is 0 Å². The van der Waals surface area contributed by atoms with Gasteiger partial charge in [0.05, 0.1) is 10.9 Å². The van der Waals surface area contributed by atoms with Crippen LogP contribution in [0, 0.1) is 5.92 Å². The van der Waals surface area contributed by atoms with Gasteiger partial charge in [0.2, 0.25) is 15.9 Å². The van der Waals surface area contributed by atoms with Crippen LogP contribution >= 0.6 is 11.6 Å². The smallest absolute Gasteiger partial charge is 0.238 e. The largest absolute Gasteiger partial charge is 0.349 e. The van der Waals surface area contributed by atoms with Crippen LogP contribution in [0.2, 0.25) is 5.02 Å². The molecule has 5 nitrogen and oxygen atoms in total. The third kappa shape index (κ3) is 4.03. The summed E-state index contributed by atoms with van der Waals surface area (Å²) in [5, 5.41) is 8.77. The molecule has 0 radical (unpaired) electrons. The van der Waals surface area contributed by atoms with E-state index in [2.05, 4.69) is 5.32 Å². The van der Waals surface area contributed by atoms with Crippen molar-refractivity contribution in [2.24, 2.45) is 11.1 Å². The van der Waals surface area contributed by atoms with Gasteiger partial charge >= 0.3 is 0 Å². The van der Waals surface area contributed by atoms with Crippen LogP contribution in [0.4, 0.5) is 0 Å². The Kier molecular flexibility index (Phi) is 4.86. The molecular formula is C18H19ClN2O3S. The van der Waals surface area contributed by atoms with Gasteiger partial charge in [0.15, 0.2) is 0 Å². The van der Waals surface area contributed by atoms with Gasteiger partial charge < -0.3 is 5.32 Å². The number of primary sulfonamides is 1. The molecule has 1 aliphatic carbocycles. The Balaban J connectivity index is 1.67. The van der Waals surface area contributed by atoms with Crippen LogP contribution in [0.25, 0.3) is 0 Å². The zero-order valence-corrected chi connectivity index (χ0v) is 15.2. The van der Waals surface area contributed by atoms with Gasteiger partial charge in [0, 0.05) is 10.9 Å². The van der Waals surface area contributed by atoms with Gasteiger partial charge in [-0.15, -0.1) is 0 Å². The summed E-state index contributed by atoms with van der Waals surface area (Å²) in [5.74, 6) is -0.0288. The number of nitrogens with one attached hydrogen (secondary N) is 1. The number of hydrogen-bond donors (Lipinski definition) is 2. The molecule has 25 heavy (non-hydrogen) atoms. The van der Waals surface area contributed by atoms with Crippen molar-refractivity contribution in [2.45, 2.75) is 30.2 Å². The quantitative estimate of drug-likeness (QED) is 0.838. The zero-order chi connectivity index (χ0) is 18.2. The van der Waals surface area contributed by atoms with Crippen LogP contribution in [-0.4, -0.2) is 14.3 Å². The van der Waals surface area contributed by atoms with Crippen LogP contribution in [0.3, 0.4) is 0 Å². The second-order valence-corrected chi connectivity index (χ2v) is 8.29. The summed E-state index contributed by atoms with van der Waals surface area (Å²) in [5.41, 5.74) is 1.68.